The van der Waals surface area contributed by atoms with Crippen molar-refractivity contribution in [2.45, 2.75) is 64.1 Å². The second-order valence-corrected chi connectivity index (χ2v) is 4.74. The van der Waals surface area contributed by atoms with Crippen LogP contribution >= 0.6 is 0 Å². The largest absolute Gasteiger partial charge is 0.480 e. The van der Waals surface area contributed by atoms with Crippen LogP contribution in [0.25, 0.3) is 0 Å². The van der Waals surface area contributed by atoms with Crippen molar-refractivity contribution >= 4 is 11.9 Å². The molecule has 0 aromatic heterocycles. The minimum Gasteiger partial charge on any atom is -0.480 e. The van der Waals surface area contributed by atoms with Gasteiger partial charge in [0.1, 0.15) is 6.04 Å². The molecule has 0 aromatic rings. The Kier molecular flexibility index (Phi) is 4.93. The number of rotatable bonds is 4. The molecule has 0 aliphatic carbocycles. The second kappa shape index (κ2) is 6.00. The summed E-state index contributed by atoms with van der Waals surface area (Å²) in [5, 5.41) is 9.08. The first kappa shape index (κ1) is 14.0. The van der Waals surface area contributed by atoms with E-state index in [9.17, 15) is 9.59 Å². The van der Waals surface area contributed by atoms with Gasteiger partial charge in [0.15, 0.2) is 0 Å². The Morgan fingerprint density at radius 2 is 2.24 bits per heavy atom. The van der Waals surface area contributed by atoms with Crippen LogP contribution in [0.1, 0.15) is 46.0 Å². The van der Waals surface area contributed by atoms with Gasteiger partial charge in [-0.05, 0) is 32.6 Å². The average molecular weight is 242 g/mol. The third kappa shape index (κ3) is 3.19. The number of nitrogens with zero attached hydrogens (tertiary/aromatic N) is 1. The Bertz CT molecular complexity index is 293. The van der Waals surface area contributed by atoms with Crippen LogP contribution in [-0.4, -0.2) is 40.0 Å². The molecule has 1 amide bonds. The minimum absolute atomic E-state index is 0.0205. The molecule has 1 unspecified atom stereocenters. The second-order valence-electron chi connectivity index (χ2n) is 4.74. The van der Waals surface area contributed by atoms with Crippen molar-refractivity contribution in [3.8, 4) is 0 Å². The normalized spacial score (nSPS) is 27.7. The highest BCUT2D eigenvalue weighted by Crippen LogP contribution is 2.23. The van der Waals surface area contributed by atoms with E-state index in [1.54, 1.807) is 6.92 Å². The summed E-state index contributed by atoms with van der Waals surface area (Å²) < 4.78 is 0. The zero-order chi connectivity index (χ0) is 13.0. The number of hydrogen-bond acceptors (Lipinski definition) is 3. The molecule has 5 heteroatoms. The van der Waals surface area contributed by atoms with Gasteiger partial charge < -0.3 is 15.7 Å². The van der Waals surface area contributed by atoms with Gasteiger partial charge in [0, 0.05) is 6.04 Å². The predicted octanol–water partition coefficient (Wildman–Crippen LogP) is 0.968. The molecule has 1 aliphatic rings. The lowest BCUT2D eigenvalue weighted by Crippen LogP contribution is -2.53. The number of carbonyl (C=O) groups excluding carboxylic acids is 1. The summed E-state index contributed by atoms with van der Waals surface area (Å²) in [4.78, 5) is 24.7. The van der Waals surface area contributed by atoms with E-state index in [0.717, 1.165) is 25.7 Å². The maximum absolute atomic E-state index is 12.1. The highest BCUT2D eigenvalue weighted by atomic mass is 16.4. The van der Waals surface area contributed by atoms with Crippen LogP contribution in [0, 0.1) is 0 Å². The van der Waals surface area contributed by atoms with Crippen molar-refractivity contribution in [3.05, 3.63) is 0 Å². The molecule has 0 bridgehead atoms. The molecular formula is C12H22N2O3. The molecule has 0 saturated carbocycles. The van der Waals surface area contributed by atoms with Gasteiger partial charge in [0.05, 0.1) is 6.04 Å². The fraction of sp³-hybridized carbons (Fsp3) is 0.833. The number of carboxylic acid groups (broad SMARTS) is 1. The summed E-state index contributed by atoms with van der Waals surface area (Å²) in [5.74, 6) is -1.18. The number of amides is 1. The smallest absolute Gasteiger partial charge is 0.326 e. The van der Waals surface area contributed by atoms with Crippen LogP contribution in [0.5, 0.6) is 0 Å². The molecule has 1 rings (SSSR count). The van der Waals surface area contributed by atoms with E-state index >= 15 is 0 Å². The molecule has 17 heavy (non-hydrogen) atoms. The molecule has 3 atom stereocenters. The van der Waals surface area contributed by atoms with Gasteiger partial charge in [-0.3, -0.25) is 4.79 Å². The quantitative estimate of drug-likeness (QED) is 0.769. The lowest BCUT2D eigenvalue weighted by atomic mass is 10.0. The van der Waals surface area contributed by atoms with Gasteiger partial charge in [-0.2, -0.15) is 0 Å². The molecule has 3 N–H and O–H groups in total. The van der Waals surface area contributed by atoms with Crippen molar-refractivity contribution in [2.75, 3.05) is 0 Å². The van der Waals surface area contributed by atoms with Crippen LogP contribution in [-0.2, 0) is 9.59 Å². The highest BCUT2D eigenvalue weighted by Gasteiger charge is 2.36. The Morgan fingerprint density at radius 3 is 2.76 bits per heavy atom. The zero-order valence-electron chi connectivity index (χ0n) is 10.6. The third-order valence-corrected chi connectivity index (χ3v) is 3.41. The molecule has 1 saturated heterocycles. The van der Waals surface area contributed by atoms with Gasteiger partial charge in [-0.15, -0.1) is 0 Å². The van der Waals surface area contributed by atoms with Crippen molar-refractivity contribution in [2.24, 2.45) is 5.73 Å². The number of nitrogens with two attached hydrogens (primary N) is 1. The van der Waals surface area contributed by atoms with E-state index in [4.69, 9.17) is 10.8 Å². The lowest BCUT2D eigenvalue weighted by Gasteiger charge is -2.34. The van der Waals surface area contributed by atoms with Crippen molar-refractivity contribution in [1.29, 1.82) is 0 Å². The van der Waals surface area contributed by atoms with Gasteiger partial charge in [0.25, 0.3) is 0 Å². The van der Waals surface area contributed by atoms with Crippen molar-refractivity contribution in [1.82, 2.24) is 4.90 Å². The van der Waals surface area contributed by atoms with Crippen LogP contribution < -0.4 is 5.73 Å². The monoisotopic (exact) mass is 242 g/mol. The summed E-state index contributed by atoms with van der Waals surface area (Å²) in [6.45, 7) is 3.60. The van der Waals surface area contributed by atoms with Crippen molar-refractivity contribution < 1.29 is 14.7 Å². The summed E-state index contributed by atoms with van der Waals surface area (Å²) in [6.07, 6.45) is 4.18. The molecule has 0 radical (unpaired) electrons. The van der Waals surface area contributed by atoms with Crippen LogP contribution in [0.3, 0.4) is 0 Å². The number of likely N-dealkylation sites (tertiary alicyclic amines) is 1. The maximum atomic E-state index is 12.1. The number of hydrogen-bond donors (Lipinski definition) is 2. The molecule has 5 nitrogen and oxygen atoms in total. The van der Waals surface area contributed by atoms with Crippen LogP contribution in [0.2, 0.25) is 0 Å². The van der Waals surface area contributed by atoms with Gasteiger partial charge in [-0.25, -0.2) is 4.79 Å². The fourth-order valence-corrected chi connectivity index (χ4v) is 2.45. The first-order chi connectivity index (χ1) is 7.99. The Balaban J connectivity index is 2.93. The highest BCUT2D eigenvalue weighted by molar-refractivity contribution is 5.87. The molecule has 0 spiro atoms. The average Bonchev–Trinajstić information content (AvgIpc) is 2.40. The Hall–Kier alpha value is -1.10. The predicted molar refractivity (Wildman–Crippen MR) is 64.5 cm³/mol. The SMILES string of the molecule is CCC[C@@H]1CCC[C@@H](N)C(=O)N1C(C)C(=O)O. The number of aliphatic carboxylic acids is 1. The summed E-state index contributed by atoms with van der Waals surface area (Å²) in [6, 6.07) is -1.31. The first-order valence-electron chi connectivity index (χ1n) is 6.29. The van der Waals surface area contributed by atoms with Gasteiger partial charge >= 0.3 is 5.97 Å². The number of carbonyl (C=O) groups is 2. The molecule has 1 heterocycles. The van der Waals surface area contributed by atoms with Gasteiger partial charge in [-0.1, -0.05) is 13.3 Å². The van der Waals surface area contributed by atoms with E-state index in [1.807, 2.05) is 6.92 Å². The third-order valence-electron chi connectivity index (χ3n) is 3.41. The fourth-order valence-electron chi connectivity index (χ4n) is 2.45. The summed E-state index contributed by atoms with van der Waals surface area (Å²) >= 11 is 0. The van der Waals surface area contributed by atoms with Crippen molar-refractivity contribution in [3.63, 3.8) is 0 Å². The molecule has 1 aliphatic heterocycles. The summed E-state index contributed by atoms with van der Waals surface area (Å²) in [5.41, 5.74) is 5.78. The molecule has 0 aromatic carbocycles. The molecular weight excluding hydrogens is 220 g/mol. The van der Waals surface area contributed by atoms with Crippen LogP contribution in [0.15, 0.2) is 0 Å². The topological polar surface area (TPSA) is 83.6 Å². The Morgan fingerprint density at radius 1 is 1.59 bits per heavy atom. The molecule has 1 fully saturated rings. The van der Waals surface area contributed by atoms with E-state index in [0.29, 0.717) is 6.42 Å². The van der Waals surface area contributed by atoms with E-state index in [-0.39, 0.29) is 11.9 Å². The Labute approximate surface area is 102 Å². The van der Waals surface area contributed by atoms with Crippen LogP contribution in [0.4, 0.5) is 0 Å². The lowest BCUT2D eigenvalue weighted by molar-refractivity contribution is -0.152. The van der Waals surface area contributed by atoms with E-state index in [2.05, 4.69) is 0 Å². The summed E-state index contributed by atoms with van der Waals surface area (Å²) in [7, 11) is 0. The zero-order valence-corrected chi connectivity index (χ0v) is 10.6. The van der Waals surface area contributed by atoms with E-state index < -0.39 is 18.1 Å². The number of carboxylic acids is 1. The minimum atomic E-state index is -0.964. The standard InChI is InChI=1S/C12H22N2O3/c1-3-5-9-6-4-7-10(13)11(15)14(9)8(2)12(16)17/h8-10H,3-7,13H2,1-2H3,(H,16,17)/t8?,9-,10-/m1/s1. The van der Waals surface area contributed by atoms with E-state index in [1.165, 1.54) is 4.90 Å². The first-order valence-corrected chi connectivity index (χ1v) is 6.29. The van der Waals surface area contributed by atoms with Gasteiger partial charge in [0.2, 0.25) is 5.91 Å². The maximum Gasteiger partial charge on any atom is 0.326 e. The molecule has 98 valence electrons.